The van der Waals surface area contributed by atoms with Crippen molar-refractivity contribution in [1.29, 1.82) is 0 Å². The summed E-state index contributed by atoms with van der Waals surface area (Å²) in [6.07, 6.45) is 5.50. The van der Waals surface area contributed by atoms with E-state index < -0.39 is 0 Å². The standard InChI is InChI=1S/C18H22N4/c1-16-2-4-18(5-3-16)15-21-10-12-22(13-11-21)20-14-17-6-8-19-9-7-17/h2-9,14H,10-13,15H2,1H3. The first-order chi connectivity index (χ1) is 10.8. The minimum atomic E-state index is 0.980. The summed E-state index contributed by atoms with van der Waals surface area (Å²) >= 11 is 0. The number of rotatable bonds is 4. The molecule has 4 heteroatoms. The van der Waals surface area contributed by atoms with Crippen molar-refractivity contribution >= 4 is 6.21 Å². The summed E-state index contributed by atoms with van der Waals surface area (Å²) in [5, 5.41) is 6.71. The van der Waals surface area contributed by atoms with Crippen LogP contribution in [0.15, 0.2) is 53.9 Å². The van der Waals surface area contributed by atoms with Gasteiger partial charge in [0.1, 0.15) is 0 Å². The third-order valence-corrected chi connectivity index (χ3v) is 3.95. The number of aromatic nitrogens is 1. The van der Waals surface area contributed by atoms with E-state index in [1.54, 1.807) is 12.4 Å². The predicted octanol–water partition coefficient (Wildman–Crippen LogP) is 2.54. The maximum atomic E-state index is 4.56. The van der Waals surface area contributed by atoms with Gasteiger partial charge in [-0.05, 0) is 30.2 Å². The van der Waals surface area contributed by atoms with E-state index in [0.717, 1.165) is 38.3 Å². The van der Waals surface area contributed by atoms with Gasteiger partial charge in [-0.25, -0.2) is 0 Å². The highest BCUT2D eigenvalue weighted by molar-refractivity contribution is 5.78. The highest BCUT2D eigenvalue weighted by Crippen LogP contribution is 2.10. The normalized spacial score (nSPS) is 16.3. The summed E-state index contributed by atoms with van der Waals surface area (Å²) in [5.74, 6) is 0. The Hall–Kier alpha value is -2.20. The third-order valence-electron chi connectivity index (χ3n) is 3.95. The van der Waals surface area contributed by atoms with Crippen LogP contribution in [0.3, 0.4) is 0 Å². The Morgan fingerprint density at radius 2 is 1.68 bits per heavy atom. The van der Waals surface area contributed by atoms with E-state index in [0.29, 0.717) is 0 Å². The molecule has 114 valence electrons. The smallest absolute Gasteiger partial charge is 0.0544 e. The third kappa shape index (κ3) is 4.15. The summed E-state index contributed by atoms with van der Waals surface area (Å²) < 4.78 is 0. The van der Waals surface area contributed by atoms with Gasteiger partial charge in [0.25, 0.3) is 0 Å². The molecule has 0 radical (unpaired) electrons. The zero-order valence-corrected chi connectivity index (χ0v) is 13.0. The topological polar surface area (TPSA) is 31.7 Å². The molecule has 4 nitrogen and oxygen atoms in total. The van der Waals surface area contributed by atoms with Crippen LogP contribution in [-0.2, 0) is 6.54 Å². The average Bonchev–Trinajstić information content (AvgIpc) is 2.57. The molecule has 0 N–H and O–H groups in total. The summed E-state index contributed by atoms with van der Waals surface area (Å²) in [7, 11) is 0. The number of hydrogen-bond donors (Lipinski definition) is 0. The second-order valence-electron chi connectivity index (χ2n) is 5.74. The molecule has 1 aliphatic heterocycles. The Bertz CT molecular complexity index is 599. The van der Waals surface area contributed by atoms with Crippen LogP contribution >= 0.6 is 0 Å². The average molecular weight is 294 g/mol. The van der Waals surface area contributed by atoms with Gasteiger partial charge in [-0.1, -0.05) is 29.8 Å². The predicted molar refractivity (Wildman–Crippen MR) is 89.9 cm³/mol. The molecule has 1 fully saturated rings. The summed E-state index contributed by atoms with van der Waals surface area (Å²) in [5.41, 5.74) is 3.80. The summed E-state index contributed by atoms with van der Waals surface area (Å²) in [6, 6.07) is 12.8. The number of nitrogens with zero attached hydrogens (tertiary/aromatic N) is 4. The Labute approximate surface area is 132 Å². The maximum Gasteiger partial charge on any atom is 0.0544 e. The van der Waals surface area contributed by atoms with Gasteiger partial charge < -0.3 is 0 Å². The van der Waals surface area contributed by atoms with Crippen LogP contribution in [0, 0.1) is 6.92 Å². The lowest BCUT2D eigenvalue weighted by Crippen LogP contribution is -2.43. The fourth-order valence-corrected chi connectivity index (χ4v) is 2.56. The molecule has 2 aromatic rings. The lowest BCUT2D eigenvalue weighted by atomic mass is 10.1. The second kappa shape index (κ2) is 7.18. The summed E-state index contributed by atoms with van der Waals surface area (Å²) in [6.45, 7) is 7.23. The van der Waals surface area contributed by atoms with Crippen molar-refractivity contribution in [1.82, 2.24) is 14.9 Å². The van der Waals surface area contributed by atoms with Gasteiger partial charge in [-0.2, -0.15) is 5.10 Å². The zero-order chi connectivity index (χ0) is 15.2. The number of hydrogen-bond acceptors (Lipinski definition) is 4. The van der Waals surface area contributed by atoms with Gasteiger partial charge in [-0.15, -0.1) is 0 Å². The molecule has 1 saturated heterocycles. The van der Waals surface area contributed by atoms with Gasteiger partial charge in [0.2, 0.25) is 0 Å². The Balaban J connectivity index is 1.48. The first-order valence-corrected chi connectivity index (χ1v) is 7.76. The molecule has 2 heterocycles. The molecule has 3 rings (SSSR count). The number of hydrazone groups is 1. The first-order valence-electron chi connectivity index (χ1n) is 7.76. The number of benzene rings is 1. The van der Waals surface area contributed by atoms with E-state index in [1.807, 2.05) is 18.3 Å². The minimum absolute atomic E-state index is 0.980. The molecular formula is C18H22N4. The van der Waals surface area contributed by atoms with Gasteiger partial charge in [0.15, 0.2) is 0 Å². The Morgan fingerprint density at radius 1 is 1.00 bits per heavy atom. The quantitative estimate of drug-likeness (QED) is 0.812. The largest absolute Gasteiger partial charge is 0.295 e. The van der Waals surface area contributed by atoms with Crippen molar-refractivity contribution in [3.63, 3.8) is 0 Å². The highest BCUT2D eigenvalue weighted by atomic mass is 15.5. The maximum absolute atomic E-state index is 4.56. The molecule has 1 aliphatic rings. The molecule has 0 amide bonds. The van der Waals surface area contributed by atoms with Crippen molar-refractivity contribution in [3.8, 4) is 0 Å². The van der Waals surface area contributed by atoms with Crippen molar-refractivity contribution in [2.45, 2.75) is 13.5 Å². The van der Waals surface area contributed by atoms with Crippen molar-refractivity contribution in [2.24, 2.45) is 5.10 Å². The second-order valence-corrected chi connectivity index (χ2v) is 5.74. The van der Waals surface area contributed by atoms with Crippen LogP contribution in [0.5, 0.6) is 0 Å². The van der Waals surface area contributed by atoms with E-state index in [2.05, 4.69) is 51.2 Å². The molecule has 0 atom stereocenters. The number of piperazine rings is 1. The van der Waals surface area contributed by atoms with Crippen LogP contribution in [0.4, 0.5) is 0 Å². The molecule has 22 heavy (non-hydrogen) atoms. The van der Waals surface area contributed by atoms with Crippen molar-refractivity contribution in [3.05, 3.63) is 65.5 Å². The van der Waals surface area contributed by atoms with Gasteiger partial charge >= 0.3 is 0 Å². The van der Waals surface area contributed by atoms with Gasteiger partial charge in [0, 0.05) is 45.1 Å². The van der Waals surface area contributed by atoms with Crippen LogP contribution < -0.4 is 0 Å². The monoisotopic (exact) mass is 294 g/mol. The van der Waals surface area contributed by atoms with Crippen molar-refractivity contribution in [2.75, 3.05) is 26.2 Å². The lowest BCUT2D eigenvalue weighted by Gasteiger charge is -2.33. The Morgan fingerprint density at radius 3 is 2.36 bits per heavy atom. The Kier molecular flexibility index (Phi) is 4.81. The minimum Gasteiger partial charge on any atom is -0.295 e. The lowest BCUT2D eigenvalue weighted by molar-refractivity contribution is 0.131. The van der Waals surface area contributed by atoms with E-state index >= 15 is 0 Å². The van der Waals surface area contributed by atoms with Crippen LogP contribution in [-0.4, -0.2) is 47.3 Å². The highest BCUT2D eigenvalue weighted by Gasteiger charge is 2.15. The van der Waals surface area contributed by atoms with E-state index in [4.69, 9.17) is 0 Å². The molecule has 0 aliphatic carbocycles. The molecule has 1 aromatic carbocycles. The SMILES string of the molecule is Cc1ccc(CN2CCN(N=Cc3ccncc3)CC2)cc1. The van der Waals surface area contributed by atoms with E-state index in [-0.39, 0.29) is 0 Å². The van der Waals surface area contributed by atoms with Crippen LogP contribution in [0.25, 0.3) is 0 Å². The molecule has 1 aromatic heterocycles. The first kappa shape index (κ1) is 14.7. The van der Waals surface area contributed by atoms with Gasteiger partial charge in [-0.3, -0.25) is 14.9 Å². The summed E-state index contributed by atoms with van der Waals surface area (Å²) in [4.78, 5) is 6.50. The fourth-order valence-electron chi connectivity index (χ4n) is 2.56. The van der Waals surface area contributed by atoms with E-state index in [9.17, 15) is 0 Å². The molecule has 0 spiro atoms. The van der Waals surface area contributed by atoms with E-state index in [1.165, 1.54) is 11.1 Å². The van der Waals surface area contributed by atoms with Crippen LogP contribution in [0.2, 0.25) is 0 Å². The van der Waals surface area contributed by atoms with Crippen LogP contribution in [0.1, 0.15) is 16.7 Å². The molecule has 0 bridgehead atoms. The number of aryl methyl sites for hydroxylation is 1. The molecular weight excluding hydrogens is 272 g/mol. The van der Waals surface area contributed by atoms with Crippen molar-refractivity contribution < 1.29 is 0 Å². The molecule has 0 unspecified atom stereocenters. The zero-order valence-electron chi connectivity index (χ0n) is 13.0. The molecule has 0 saturated carbocycles. The fraction of sp³-hybridized carbons (Fsp3) is 0.333. The van der Waals surface area contributed by atoms with Gasteiger partial charge in [0.05, 0.1) is 6.21 Å². The number of pyridine rings is 1.